The van der Waals surface area contributed by atoms with Gasteiger partial charge in [0.05, 0.1) is 17.3 Å². The Hall–Kier alpha value is -6.58. The third kappa shape index (κ3) is 3.73. The van der Waals surface area contributed by atoms with Crippen molar-refractivity contribution in [3.05, 3.63) is 164 Å². The predicted octanol–water partition coefficient (Wildman–Crippen LogP) is 13.1. The molecule has 0 unspecified atom stereocenters. The van der Waals surface area contributed by atoms with Gasteiger partial charge in [-0.05, 0) is 69.1 Å². The van der Waals surface area contributed by atoms with E-state index in [2.05, 4.69) is 144 Å². The highest BCUT2D eigenvalue weighted by atomic mass is 16.3. The van der Waals surface area contributed by atoms with Crippen LogP contribution < -0.4 is 0 Å². The summed E-state index contributed by atoms with van der Waals surface area (Å²) in [6.07, 6.45) is 1.92. The smallest absolute Gasteiger partial charge is 0.139 e. The normalized spacial score (nSPS) is 12.1. The Bertz CT molecular complexity index is 3050. The fourth-order valence-electron chi connectivity index (χ4n) is 8.15. The first kappa shape index (κ1) is 26.5. The summed E-state index contributed by atoms with van der Waals surface area (Å²) in [5.41, 5.74) is 10.8. The second-order valence-electron chi connectivity index (χ2n) is 12.9. The van der Waals surface area contributed by atoms with Crippen molar-refractivity contribution in [2.24, 2.45) is 0 Å². The summed E-state index contributed by atoms with van der Waals surface area (Å²) in [6.45, 7) is 0. The molecule has 0 aliphatic rings. The van der Waals surface area contributed by atoms with E-state index in [0.717, 1.165) is 44.2 Å². The van der Waals surface area contributed by atoms with Crippen molar-refractivity contribution in [3.8, 4) is 27.9 Å². The Morgan fingerprint density at radius 3 is 1.73 bits per heavy atom. The molecule has 0 aliphatic carbocycles. The van der Waals surface area contributed by atoms with Gasteiger partial charge in [-0.3, -0.25) is 0 Å². The summed E-state index contributed by atoms with van der Waals surface area (Å²) < 4.78 is 14.9. The van der Waals surface area contributed by atoms with E-state index in [0.29, 0.717) is 0 Å². The zero-order valence-corrected chi connectivity index (χ0v) is 26.4. The van der Waals surface area contributed by atoms with Gasteiger partial charge in [-0.15, -0.1) is 0 Å². The lowest BCUT2D eigenvalue weighted by atomic mass is 9.85. The number of benzene rings is 8. The molecule has 0 fully saturated rings. The fraction of sp³-hybridized carbons (Fsp3) is 0. The average Bonchev–Trinajstić information content (AvgIpc) is 3.84. The molecular formula is C46H27NO2. The SMILES string of the molecule is c1ccc(-n2c3ccccc3c3ccc(-c4c5ccccc5c(-c5coc6cc7oc8ccccc8c7cc56)c5ccccc45)cc32)cc1. The van der Waals surface area contributed by atoms with Crippen LogP contribution in [0.1, 0.15) is 0 Å². The molecule has 49 heavy (non-hydrogen) atoms. The van der Waals surface area contributed by atoms with E-state index < -0.39 is 0 Å². The first-order chi connectivity index (χ1) is 24.3. The number of nitrogens with zero attached hydrogens (tertiary/aromatic N) is 1. The summed E-state index contributed by atoms with van der Waals surface area (Å²) in [6, 6.07) is 56.5. The van der Waals surface area contributed by atoms with Crippen LogP contribution in [-0.2, 0) is 0 Å². The van der Waals surface area contributed by atoms with E-state index in [1.807, 2.05) is 24.5 Å². The highest BCUT2D eigenvalue weighted by molar-refractivity contribution is 6.25. The zero-order valence-electron chi connectivity index (χ0n) is 26.4. The summed E-state index contributed by atoms with van der Waals surface area (Å²) in [4.78, 5) is 0. The van der Waals surface area contributed by atoms with E-state index in [1.54, 1.807) is 0 Å². The fourth-order valence-corrected chi connectivity index (χ4v) is 8.15. The van der Waals surface area contributed by atoms with Gasteiger partial charge in [0.2, 0.25) is 0 Å². The Kier molecular flexibility index (Phi) is 5.38. The molecule has 228 valence electrons. The summed E-state index contributed by atoms with van der Waals surface area (Å²) in [7, 11) is 0. The standard InChI is InChI=1S/C46H27NO2/c1-2-12-29(13-3-1)47-40-20-10-8-14-30(40)31-23-22-28(24-41(31)47)45-33-16-4-6-18-35(33)46(36-19-7-5-17-34(36)45)39-27-48-43-26-44-37(25-38(39)43)32-15-9-11-21-42(32)49-44/h1-27H. The number of hydrogen-bond donors (Lipinski definition) is 0. The van der Waals surface area contributed by atoms with Crippen molar-refractivity contribution in [2.75, 3.05) is 0 Å². The van der Waals surface area contributed by atoms with Crippen LogP contribution in [0.3, 0.4) is 0 Å². The Balaban J connectivity index is 1.22. The van der Waals surface area contributed by atoms with Crippen molar-refractivity contribution in [1.29, 1.82) is 0 Å². The van der Waals surface area contributed by atoms with E-state index in [-0.39, 0.29) is 0 Å². The lowest BCUT2D eigenvalue weighted by molar-refractivity contribution is 0.614. The first-order valence-electron chi connectivity index (χ1n) is 16.7. The maximum atomic E-state index is 6.29. The number of aromatic nitrogens is 1. The molecule has 3 heteroatoms. The molecule has 0 saturated carbocycles. The molecular weight excluding hydrogens is 599 g/mol. The number of hydrogen-bond acceptors (Lipinski definition) is 2. The van der Waals surface area contributed by atoms with Crippen molar-refractivity contribution >= 4 is 76.3 Å². The molecule has 3 nitrogen and oxygen atoms in total. The minimum atomic E-state index is 0.818. The van der Waals surface area contributed by atoms with Crippen LogP contribution in [0.4, 0.5) is 0 Å². The van der Waals surface area contributed by atoms with Crippen LogP contribution in [0.2, 0.25) is 0 Å². The lowest BCUT2D eigenvalue weighted by Gasteiger charge is -2.17. The van der Waals surface area contributed by atoms with Crippen molar-refractivity contribution < 1.29 is 8.83 Å². The molecule has 0 N–H and O–H groups in total. The van der Waals surface area contributed by atoms with Gasteiger partial charge >= 0.3 is 0 Å². The number of furan rings is 2. The molecule has 0 bridgehead atoms. The molecule has 0 atom stereocenters. The molecule has 0 amide bonds. The van der Waals surface area contributed by atoms with Crippen molar-refractivity contribution in [2.45, 2.75) is 0 Å². The van der Waals surface area contributed by atoms with Crippen LogP contribution in [0.25, 0.3) is 104 Å². The molecule has 11 aromatic rings. The summed E-state index contributed by atoms with van der Waals surface area (Å²) in [5, 5.41) is 10.6. The Morgan fingerprint density at radius 2 is 0.980 bits per heavy atom. The maximum absolute atomic E-state index is 6.29. The van der Waals surface area contributed by atoms with Crippen LogP contribution in [-0.4, -0.2) is 4.57 Å². The summed E-state index contributed by atoms with van der Waals surface area (Å²) >= 11 is 0. The third-order valence-electron chi connectivity index (χ3n) is 10.3. The third-order valence-corrected chi connectivity index (χ3v) is 10.3. The minimum Gasteiger partial charge on any atom is -0.464 e. The second-order valence-corrected chi connectivity index (χ2v) is 12.9. The molecule has 3 heterocycles. The minimum absolute atomic E-state index is 0.818. The van der Waals surface area contributed by atoms with Crippen molar-refractivity contribution in [1.82, 2.24) is 4.57 Å². The van der Waals surface area contributed by atoms with Crippen LogP contribution in [0, 0.1) is 0 Å². The molecule has 0 radical (unpaired) electrons. The Morgan fingerprint density at radius 1 is 0.367 bits per heavy atom. The predicted molar refractivity (Wildman–Crippen MR) is 204 cm³/mol. The maximum Gasteiger partial charge on any atom is 0.139 e. The van der Waals surface area contributed by atoms with Gasteiger partial charge in [0, 0.05) is 49.8 Å². The van der Waals surface area contributed by atoms with Gasteiger partial charge in [0.1, 0.15) is 16.7 Å². The van der Waals surface area contributed by atoms with Crippen LogP contribution in [0.5, 0.6) is 0 Å². The molecule has 8 aromatic carbocycles. The first-order valence-corrected chi connectivity index (χ1v) is 16.7. The largest absolute Gasteiger partial charge is 0.464 e. The monoisotopic (exact) mass is 625 g/mol. The quantitative estimate of drug-likeness (QED) is 0.183. The van der Waals surface area contributed by atoms with Gasteiger partial charge in [0.25, 0.3) is 0 Å². The van der Waals surface area contributed by atoms with E-state index in [1.165, 1.54) is 60.0 Å². The Labute approximate surface area is 280 Å². The van der Waals surface area contributed by atoms with E-state index in [9.17, 15) is 0 Å². The highest BCUT2D eigenvalue weighted by Crippen LogP contribution is 2.47. The van der Waals surface area contributed by atoms with Gasteiger partial charge < -0.3 is 13.4 Å². The number of fused-ring (bicyclic) bond motifs is 9. The zero-order chi connectivity index (χ0) is 32.1. The highest BCUT2D eigenvalue weighted by Gasteiger charge is 2.21. The van der Waals surface area contributed by atoms with E-state index in [4.69, 9.17) is 8.83 Å². The van der Waals surface area contributed by atoms with Crippen LogP contribution >= 0.6 is 0 Å². The molecule has 0 spiro atoms. The number of para-hydroxylation sites is 3. The van der Waals surface area contributed by atoms with Gasteiger partial charge in [-0.2, -0.15) is 0 Å². The lowest BCUT2D eigenvalue weighted by Crippen LogP contribution is -1.94. The van der Waals surface area contributed by atoms with E-state index >= 15 is 0 Å². The molecule has 0 aliphatic heterocycles. The topological polar surface area (TPSA) is 31.2 Å². The number of rotatable bonds is 3. The second kappa shape index (κ2) is 9.96. The molecule has 0 saturated heterocycles. The van der Waals surface area contributed by atoms with Gasteiger partial charge in [-0.1, -0.05) is 115 Å². The average molecular weight is 626 g/mol. The summed E-state index contributed by atoms with van der Waals surface area (Å²) in [5.74, 6) is 0. The van der Waals surface area contributed by atoms with Crippen LogP contribution in [0.15, 0.2) is 173 Å². The van der Waals surface area contributed by atoms with Gasteiger partial charge in [0.15, 0.2) is 0 Å². The van der Waals surface area contributed by atoms with Gasteiger partial charge in [-0.25, -0.2) is 0 Å². The van der Waals surface area contributed by atoms with Crippen molar-refractivity contribution in [3.63, 3.8) is 0 Å². The molecule has 11 rings (SSSR count). The molecule has 3 aromatic heterocycles.